The van der Waals surface area contributed by atoms with E-state index in [4.69, 9.17) is 10.8 Å². The first-order valence-corrected chi connectivity index (χ1v) is 2.37. The number of aromatic nitrogens is 2. The zero-order chi connectivity index (χ0) is 7.72. The molecule has 53 valence electrons. The average Bonchev–Trinajstić information content (AvgIpc) is 1.82. The first-order valence-electron chi connectivity index (χ1n) is 2.37. The van der Waals surface area contributed by atoms with Crippen molar-refractivity contribution >= 4 is 5.95 Å². The largest absolute Gasteiger partial charge is 0.490 e. The van der Waals surface area contributed by atoms with E-state index in [1.807, 2.05) is 4.98 Å². The summed E-state index contributed by atoms with van der Waals surface area (Å²) in [5.41, 5.74) is 4.00. The van der Waals surface area contributed by atoms with Crippen LogP contribution in [0.2, 0.25) is 0 Å². The van der Waals surface area contributed by atoms with Crippen molar-refractivity contribution in [2.24, 2.45) is 0 Å². The number of nitrogens with zero attached hydrogens (tertiary/aromatic N) is 1. The summed E-state index contributed by atoms with van der Waals surface area (Å²) < 4.78 is 0. The van der Waals surface area contributed by atoms with Crippen molar-refractivity contribution in [3.05, 3.63) is 10.4 Å². The number of anilines is 1. The van der Waals surface area contributed by atoms with Crippen LogP contribution >= 0.6 is 0 Å². The minimum atomic E-state index is -1.07. The van der Waals surface area contributed by atoms with E-state index in [9.17, 15) is 9.90 Å². The maximum atomic E-state index is 10.4. The Morgan fingerprint density at radius 2 is 2.20 bits per heavy atom. The van der Waals surface area contributed by atoms with E-state index in [-0.39, 0.29) is 5.95 Å². The maximum Gasteiger partial charge on any atom is 0.304 e. The highest BCUT2D eigenvalue weighted by Gasteiger charge is 2.08. The third-order valence-corrected chi connectivity index (χ3v) is 0.877. The lowest BCUT2D eigenvalue weighted by molar-refractivity contribution is 0.311. The van der Waals surface area contributed by atoms with Crippen LogP contribution in [0.15, 0.2) is 4.79 Å². The number of hydrogen-bond donors (Lipinski definition) is 3. The highest BCUT2D eigenvalue weighted by molar-refractivity contribution is 5.32. The summed E-state index contributed by atoms with van der Waals surface area (Å²) in [6.07, 6.45) is 0. The highest BCUT2D eigenvalue weighted by Crippen LogP contribution is 2.15. The summed E-state index contributed by atoms with van der Waals surface area (Å²) in [4.78, 5) is 15.4. The molecule has 1 rings (SSSR count). The molecular weight excluding hydrogens is 138 g/mol. The quantitative estimate of drug-likeness (QED) is 0.440. The van der Waals surface area contributed by atoms with Crippen molar-refractivity contribution < 1.29 is 10.2 Å². The Labute approximate surface area is 55.0 Å². The molecule has 0 saturated carbocycles. The minimum absolute atomic E-state index is 0.276. The van der Waals surface area contributed by atoms with E-state index in [1.54, 1.807) is 0 Å². The number of aromatic hydroxyl groups is 1. The van der Waals surface area contributed by atoms with E-state index in [0.29, 0.717) is 0 Å². The molecule has 0 aromatic carbocycles. The normalized spacial score (nSPS) is 9.60. The zero-order valence-corrected chi connectivity index (χ0v) is 4.79. The molecule has 0 aliphatic carbocycles. The Balaban J connectivity index is 3.46. The monoisotopic (exact) mass is 142 g/mol. The maximum absolute atomic E-state index is 10.4. The molecule has 0 bridgehead atoms. The average molecular weight is 142 g/mol. The molecule has 0 saturated heterocycles. The van der Waals surface area contributed by atoms with Gasteiger partial charge < -0.3 is 10.8 Å². The molecule has 1 heterocycles. The predicted octanol–water partition coefficient (Wildman–Crippen LogP) is -0.799. The molecule has 1 radical (unpaired) electrons. The van der Waals surface area contributed by atoms with Gasteiger partial charge in [-0.25, -0.2) is 0 Å². The Morgan fingerprint density at radius 3 is 2.70 bits per heavy atom. The van der Waals surface area contributed by atoms with Crippen molar-refractivity contribution in [3.63, 3.8) is 0 Å². The van der Waals surface area contributed by atoms with E-state index in [1.165, 1.54) is 0 Å². The summed E-state index contributed by atoms with van der Waals surface area (Å²) in [5.74, 6) is -2.22. The van der Waals surface area contributed by atoms with E-state index in [2.05, 4.69) is 4.98 Å². The van der Waals surface area contributed by atoms with Crippen molar-refractivity contribution in [1.82, 2.24) is 9.97 Å². The molecule has 0 aliphatic heterocycles. The number of nitrogens with two attached hydrogens (primary N) is 1. The Hall–Kier alpha value is -1.72. The van der Waals surface area contributed by atoms with Gasteiger partial charge in [0, 0.05) is 0 Å². The van der Waals surface area contributed by atoms with Gasteiger partial charge in [0.2, 0.25) is 5.95 Å². The first kappa shape index (κ1) is 6.40. The second-order valence-corrected chi connectivity index (χ2v) is 1.60. The van der Waals surface area contributed by atoms with Gasteiger partial charge in [-0.1, -0.05) is 0 Å². The van der Waals surface area contributed by atoms with E-state index >= 15 is 0 Å². The third-order valence-electron chi connectivity index (χ3n) is 0.877. The molecule has 0 aliphatic rings. The van der Waals surface area contributed by atoms with Gasteiger partial charge in [-0.3, -0.25) is 14.9 Å². The third kappa shape index (κ3) is 0.859. The summed E-state index contributed by atoms with van der Waals surface area (Å²) in [5, 5.41) is 19.0. The van der Waals surface area contributed by atoms with Crippen LogP contribution in [0.25, 0.3) is 0 Å². The van der Waals surface area contributed by atoms with Gasteiger partial charge in [0.1, 0.15) is 0 Å². The highest BCUT2D eigenvalue weighted by atomic mass is 16.3. The van der Waals surface area contributed by atoms with Crippen LogP contribution in [0, 0.1) is 0 Å². The molecule has 1 aromatic rings. The molecule has 0 unspecified atom stereocenters. The number of rotatable bonds is 0. The van der Waals surface area contributed by atoms with Gasteiger partial charge in [-0.2, -0.15) is 4.98 Å². The molecule has 0 spiro atoms. The zero-order valence-electron chi connectivity index (χ0n) is 4.79. The second kappa shape index (κ2) is 1.90. The summed E-state index contributed by atoms with van der Waals surface area (Å²) in [6, 6.07) is 0. The van der Waals surface area contributed by atoms with Crippen molar-refractivity contribution in [2.45, 2.75) is 0 Å². The Morgan fingerprint density at radius 1 is 1.60 bits per heavy atom. The lowest BCUT2D eigenvalue weighted by atomic mass is 10.5. The Bertz CT molecular complexity index is 305. The second-order valence-electron chi connectivity index (χ2n) is 1.60. The molecule has 6 heteroatoms. The lowest BCUT2D eigenvalue weighted by Gasteiger charge is -1.92. The number of H-pyrrole nitrogens is 1. The van der Waals surface area contributed by atoms with Crippen molar-refractivity contribution in [2.75, 3.05) is 5.73 Å². The fourth-order valence-corrected chi connectivity index (χ4v) is 0.467. The van der Waals surface area contributed by atoms with Crippen LogP contribution in [-0.2, 0) is 5.11 Å². The lowest BCUT2D eigenvalue weighted by Crippen LogP contribution is -2.09. The molecule has 6 nitrogen and oxygen atoms in total. The molecule has 4 N–H and O–H groups in total. The van der Waals surface area contributed by atoms with E-state index in [0.717, 1.165) is 0 Å². The van der Waals surface area contributed by atoms with Crippen LogP contribution in [0.5, 0.6) is 11.6 Å². The molecule has 0 amide bonds. The topological polar surface area (TPSA) is 112 Å². The number of nitrogen functional groups attached to an aromatic ring is 1. The van der Waals surface area contributed by atoms with E-state index < -0.39 is 17.2 Å². The molecular formula is C4H4N3O3. The van der Waals surface area contributed by atoms with Gasteiger partial charge >= 0.3 is 11.3 Å². The molecule has 0 fully saturated rings. The van der Waals surface area contributed by atoms with Crippen LogP contribution in [-0.4, -0.2) is 15.1 Å². The van der Waals surface area contributed by atoms with Crippen LogP contribution in [0.3, 0.4) is 0 Å². The van der Waals surface area contributed by atoms with Crippen molar-refractivity contribution in [1.29, 1.82) is 0 Å². The molecule has 0 atom stereocenters. The number of hydrogen-bond acceptors (Lipinski definition) is 4. The van der Waals surface area contributed by atoms with Gasteiger partial charge in [0.25, 0.3) is 5.88 Å². The first-order chi connectivity index (χ1) is 4.61. The fraction of sp³-hybridized carbons (Fsp3) is 0. The van der Waals surface area contributed by atoms with Crippen LogP contribution in [0.1, 0.15) is 0 Å². The minimum Gasteiger partial charge on any atom is -0.490 e. The number of nitrogens with one attached hydrogen (secondary N) is 1. The predicted molar refractivity (Wildman–Crippen MR) is 31.1 cm³/mol. The smallest absolute Gasteiger partial charge is 0.304 e. The summed E-state index contributed by atoms with van der Waals surface area (Å²) in [7, 11) is 0. The van der Waals surface area contributed by atoms with Gasteiger partial charge in [-0.15, -0.1) is 0 Å². The molecule has 10 heavy (non-hydrogen) atoms. The Kier molecular flexibility index (Phi) is 1.22. The van der Waals surface area contributed by atoms with Gasteiger partial charge in [-0.05, 0) is 0 Å². The van der Waals surface area contributed by atoms with Crippen molar-refractivity contribution in [3.8, 4) is 11.6 Å². The molecule has 1 aromatic heterocycles. The summed E-state index contributed by atoms with van der Waals surface area (Å²) >= 11 is 0. The van der Waals surface area contributed by atoms with Crippen LogP contribution in [0.4, 0.5) is 5.95 Å². The summed E-state index contributed by atoms with van der Waals surface area (Å²) in [6.45, 7) is 0. The van der Waals surface area contributed by atoms with Crippen LogP contribution < -0.4 is 11.3 Å². The SMILES string of the molecule is Nc1nc(O)c([O])c(=O)[nH]1. The standard InChI is InChI=1S/C4H4N3O3/c5-4-6-2(9)1(8)3(10)7-4/h(H4,5,6,7,9,10). The van der Waals surface area contributed by atoms with Gasteiger partial charge in [0.05, 0.1) is 0 Å². The van der Waals surface area contributed by atoms with Gasteiger partial charge in [0.15, 0.2) is 0 Å². The number of aromatic amines is 1. The fourth-order valence-electron chi connectivity index (χ4n) is 0.467.